The Morgan fingerprint density at radius 3 is 2.81 bits per heavy atom. The van der Waals surface area contributed by atoms with Crippen molar-refractivity contribution in [2.75, 3.05) is 32.1 Å². The van der Waals surface area contributed by atoms with E-state index in [0.29, 0.717) is 19.1 Å². The number of likely N-dealkylation sites (tertiary alicyclic amines) is 1. The molecule has 0 saturated carbocycles. The minimum Gasteiger partial charge on any atom is -0.497 e. The molecular formula is C20H31Cl2N3O2. The fraction of sp³-hybridized carbons (Fsp3) is 0.550. The van der Waals surface area contributed by atoms with Crippen molar-refractivity contribution in [1.82, 2.24) is 9.88 Å². The lowest BCUT2D eigenvalue weighted by Gasteiger charge is -2.37. The first-order valence-electron chi connectivity index (χ1n) is 9.15. The molecule has 0 aliphatic carbocycles. The third-order valence-electron chi connectivity index (χ3n) is 5.16. The van der Waals surface area contributed by atoms with Gasteiger partial charge < -0.3 is 15.2 Å². The molecule has 0 radical (unpaired) electrons. The van der Waals surface area contributed by atoms with Crippen LogP contribution < -0.4 is 10.1 Å². The van der Waals surface area contributed by atoms with Crippen LogP contribution in [0.3, 0.4) is 0 Å². The number of aliphatic hydroxyl groups excluding tert-OH is 1. The number of nitrogens with zero attached hydrogens (tertiary/aromatic N) is 2. The zero-order valence-electron chi connectivity index (χ0n) is 16.2. The molecule has 3 atom stereocenters. The Kier molecular flexibility index (Phi) is 9.60. The van der Waals surface area contributed by atoms with Crippen LogP contribution in [-0.2, 0) is 0 Å². The van der Waals surface area contributed by atoms with E-state index >= 15 is 0 Å². The van der Waals surface area contributed by atoms with Crippen LogP contribution in [0.5, 0.6) is 5.75 Å². The molecule has 7 heteroatoms. The van der Waals surface area contributed by atoms with Crippen molar-refractivity contribution in [3.05, 3.63) is 30.5 Å². The molecular weight excluding hydrogens is 385 g/mol. The van der Waals surface area contributed by atoms with Crippen molar-refractivity contribution in [2.24, 2.45) is 5.92 Å². The Labute approximate surface area is 174 Å². The van der Waals surface area contributed by atoms with Crippen LogP contribution in [0, 0.1) is 5.92 Å². The summed E-state index contributed by atoms with van der Waals surface area (Å²) >= 11 is 0. The van der Waals surface area contributed by atoms with Gasteiger partial charge in [0.25, 0.3) is 0 Å². The summed E-state index contributed by atoms with van der Waals surface area (Å²) in [6.07, 6.45) is 3.80. The number of hydrogen-bond acceptors (Lipinski definition) is 5. The molecule has 3 rings (SSSR count). The molecule has 1 aromatic heterocycles. The number of fused-ring (bicyclic) bond motifs is 1. The summed E-state index contributed by atoms with van der Waals surface area (Å²) in [7, 11) is 1.66. The fourth-order valence-electron chi connectivity index (χ4n) is 3.71. The van der Waals surface area contributed by atoms with E-state index in [-0.39, 0.29) is 24.8 Å². The van der Waals surface area contributed by atoms with Gasteiger partial charge in [0.15, 0.2) is 0 Å². The monoisotopic (exact) mass is 415 g/mol. The van der Waals surface area contributed by atoms with Crippen molar-refractivity contribution in [3.8, 4) is 5.75 Å². The molecule has 0 amide bonds. The normalized spacial score (nSPS) is 21.0. The molecule has 1 aliphatic heterocycles. The van der Waals surface area contributed by atoms with Gasteiger partial charge in [-0.2, -0.15) is 0 Å². The summed E-state index contributed by atoms with van der Waals surface area (Å²) in [6, 6.07) is 8.38. The minimum absolute atomic E-state index is 0. The van der Waals surface area contributed by atoms with E-state index in [1.54, 1.807) is 13.3 Å². The Bertz CT molecular complexity index is 717. The van der Waals surface area contributed by atoms with Crippen molar-refractivity contribution >= 4 is 41.4 Å². The highest BCUT2D eigenvalue weighted by Gasteiger charge is 2.24. The van der Waals surface area contributed by atoms with Gasteiger partial charge in [-0.05, 0) is 44.4 Å². The van der Waals surface area contributed by atoms with Crippen LogP contribution in [0.15, 0.2) is 30.5 Å². The number of pyridine rings is 1. The smallest absolute Gasteiger partial charge is 0.121 e. The molecule has 1 fully saturated rings. The average Bonchev–Trinajstić information content (AvgIpc) is 2.61. The van der Waals surface area contributed by atoms with Crippen molar-refractivity contribution in [3.63, 3.8) is 0 Å². The van der Waals surface area contributed by atoms with E-state index in [4.69, 9.17) is 4.74 Å². The molecule has 5 nitrogen and oxygen atoms in total. The first kappa shape index (κ1) is 23.8. The van der Waals surface area contributed by atoms with E-state index in [1.165, 1.54) is 12.8 Å². The molecule has 1 aromatic carbocycles. The largest absolute Gasteiger partial charge is 0.497 e. The van der Waals surface area contributed by atoms with Crippen molar-refractivity contribution in [1.29, 1.82) is 0 Å². The standard InChI is InChI=1S/C20H29N3O2.2ClH/c1-14-6-8-23(15(2)9-14)13-17(24)12-22-19-11-18(25-3)10-16-5-4-7-21-20(16)19;;/h4-5,7,10-11,14-15,17,22,24H,6,8-9,12-13H2,1-3H3;2*1H. The summed E-state index contributed by atoms with van der Waals surface area (Å²) in [5.74, 6) is 1.58. The molecule has 3 unspecified atom stereocenters. The van der Waals surface area contributed by atoms with Gasteiger partial charge >= 0.3 is 0 Å². The number of nitrogens with one attached hydrogen (secondary N) is 1. The maximum Gasteiger partial charge on any atom is 0.121 e. The van der Waals surface area contributed by atoms with Gasteiger partial charge in [0.2, 0.25) is 0 Å². The molecule has 2 aromatic rings. The molecule has 1 aliphatic rings. The van der Waals surface area contributed by atoms with E-state index < -0.39 is 6.10 Å². The van der Waals surface area contributed by atoms with Gasteiger partial charge in [-0.1, -0.05) is 13.0 Å². The number of ether oxygens (including phenoxy) is 1. The molecule has 2 heterocycles. The Balaban J connectivity index is 0.00000182. The number of piperidine rings is 1. The summed E-state index contributed by atoms with van der Waals surface area (Å²) < 4.78 is 5.38. The van der Waals surface area contributed by atoms with Crippen molar-refractivity contribution < 1.29 is 9.84 Å². The number of halogens is 2. The van der Waals surface area contributed by atoms with E-state index in [2.05, 4.69) is 29.0 Å². The number of β-amino-alcohol motifs (C(OH)–C–C–N with tert-alkyl or cyclic N) is 1. The maximum absolute atomic E-state index is 10.5. The Hall–Kier alpha value is -1.27. The zero-order valence-corrected chi connectivity index (χ0v) is 17.9. The second-order valence-electron chi connectivity index (χ2n) is 7.26. The Morgan fingerprint density at radius 2 is 2.11 bits per heavy atom. The highest BCUT2D eigenvalue weighted by molar-refractivity contribution is 5.91. The topological polar surface area (TPSA) is 57.6 Å². The van der Waals surface area contributed by atoms with Gasteiger partial charge in [-0.15, -0.1) is 24.8 Å². The number of benzene rings is 1. The van der Waals surface area contributed by atoms with Gasteiger partial charge in [0.1, 0.15) is 5.75 Å². The van der Waals surface area contributed by atoms with Crippen LogP contribution in [0.1, 0.15) is 26.7 Å². The number of aromatic nitrogens is 1. The molecule has 1 saturated heterocycles. The first-order chi connectivity index (χ1) is 12.1. The van der Waals surface area contributed by atoms with Gasteiger partial charge in [-0.25, -0.2) is 0 Å². The Morgan fingerprint density at radius 1 is 1.33 bits per heavy atom. The summed E-state index contributed by atoms with van der Waals surface area (Å²) in [5.41, 5.74) is 1.80. The van der Waals surface area contributed by atoms with Crippen LogP contribution in [-0.4, -0.2) is 53.9 Å². The van der Waals surface area contributed by atoms with E-state index in [1.807, 2.05) is 24.3 Å². The lowest BCUT2D eigenvalue weighted by molar-refractivity contribution is 0.0661. The minimum atomic E-state index is -0.416. The second kappa shape index (κ2) is 10.9. The third-order valence-corrected chi connectivity index (χ3v) is 5.16. The molecule has 0 spiro atoms. The average molecular weight is 416 g/mol. The molecule has 0 bridgehead atoms. The lowest BCUT2D eigenvalue weighted by atomic mass is 9.93. The fourth-order valence-corrected chi connectivity index (χ4v) is 3.71. The first-order valence-corrected chi connectivity index (χ1v) is 9.15. The highest BCUT2D eigenvalue weighted by atomic mass is 35.5. The maximum atomic E-state index is 10.5. The predicted molar refractivity (Wildman–Crippen MR) is 117 cm³/mol. The van der Waals surface area contributed by atoms with E-state index in [0.717, 1.165) is 34.8 Å². The number of rotatable bonds is 6. The SMILES string of the molecule is COc1cc(NCC(O)CN2CCC(C)CC2C)c2ncccc2c1.Cl.Cl. The highest BCUT2D eigenvalue weighted by Crippen LogP contribution is 2.28. The predicted octanol–water partition coefficient (Wildman–Crippen LogP) is 3.98. The number of methoxy groups -OCH3 is 1. The third kappa shape index (κ3) is 6.11. The van der Waals surface area contributed by atoms with Crippen LogP contribution in [0.4, 0.5) is 5.69 Å². The van der Waals surface area contributed by atoms with Gasteiger partial charge in [0, 0.05) is 36.8 Å². The van der Waals surface area contributed by atoms with Gasteiger partial charge in [-0.3, -0.25) is 9.88 Å². The van der Waals surface area contributed by atoms with Crippen LogP contribution >= 0.6 is 24.8 Å². The number of hydrogen-bond donors (Lipinski definition) is 2. The lowest BCUT2D eigenvalue weighted by Crippen LogP contribution is -2.45. The van der Waals surface area contributed by atoms with Crippen LogP contribution in [0.2, 0.25) is 0 Å². The number of aliphatic hydroxyl groups is 1. The van der Waals surface area contributed by atoms with Crippen LogP contribution in [0.25, 0.3) is 10.9 Å². The number of anilines is 1. The summed E-state index contributed by atoms with van der Waals surface area (Å²) in [4.78, 5) is 6.86. The summed E-state index contributed by atoms with van der Waals surface area (Å²) in [6.45, 7) is 6.85. The quantitative estimate of drug-likeness (QED) is 0.746. The van der Waals surface area contributed by atoms with Gasteiger partial charge in [0.05, 0.1) is 24.4 Å². The molecule has 2 N–H and O–H groups in total. The zero-order chi connectivity index (χ0) is 17.8. The summed E-state index contributed by atoms with van der Waals surface area (Å²) in [5, 5.41) is 14.9. The molecule has 152 valence electrons. The second-order valence-corrected chi connectivity index (χ2v) is 7.26. The van der Waals surface area contributed by atoms with Crippen molar-refractivity contribution in [2.45, 2.75) is 38.8 Å². The molecule has 27 heavy (non-hydrogen) atoms. The van der Waals surface area contributed by atoms with E-state index in [9.17, 15) is 5.11 Å².